The van der Waals surface area contributed by atoms with E-state index in [4.69, 9.17) is 9.47 Å². The lowest BCUT2D eigenvalue weighted by Crippen LogP contribution is -2.17. The molecule has 0 N–H and O–H groups in total. The summed E-state index contributed by atoms with van der Waals surface area (Å²) in [6.07, 6.45) is 4.01. The first-order chi connectivity index (χ1) is 8.17. The van der Waals surface area contributed by atoms with Crippen LogP contribution in [0.2, 0.25) is 0 Å². The van der Waals surface area contributed by atoms with Crippen LogP contribution in [-0.2, 0) is 0 Å². The second kappa shape index (κ2) is 5.30. The highest BCUT2D eigenvalue weighted by molar-refractivity contribution is 9.09. The number of hydrogen-bond acceptors (Lipinski definition) is 2. The van der Waals surface area contributed by atoms with Crippen molar-refractivity contribution < 1.29 is 9.47 Å². The molecule has 0 spiro atoms. The number of alkyl halides is 1. The molecule has 2 nitrogen and oxygen atoms in total. The summed E-state index contributed by atoms with van der Waals surface area (Å²) in [5.41, 5.74) is 2.59. The molecule has 1 aromatic rings. The molecule has 1 aromatic carbocycles. The maximum Gasteiger partial charge on any atom is 0.161 e. The van der Waals surface area contributed by atoms with E-state index in [1.165, 1.54) is 30.4 Å². The monoisotopic (exact) mass is 298 g/mol. The summed E-state index contributed by atoms with van der Waals surface area (Å²) in [6, 6.07) is 4.16. The molecule has 0 heterocycles. The van der Waals surface area contributed by atoms with Gasteiger partial charge in [0.2, 0.25) is 0 Å². The van der Waals surface area contributed by atoms with Gasteiger partial charge in [-0.05, 0) is 48.9 Å². The van der Waals surface area contributed by atoms with Crippen molar-refractivity contribution in [2.75, 3.05) is 14.2 Å². The first-order valence-corrected chi connectivity index (χ1v) is 6.95. The summed E-state index contributed by atoms with van der Waals surface area (Å²) in [5.74, 6) is 2.39. The maximum absolute atomic E-state index is 5.37. The van der Waals surface area contributed by atoms with Crippen LogP contribution in [0.4, 0.5) is 0 Å². The number of halogens is 1. The fourth-order valence-corrected chi connectivity index (χ4v) is 3.30. The highest BCUT2D eigenvalue weighted by Crippen LogP contribution is 2.46. The zero-order chi connectivity index (χ0) is 12.4. The van der Waals surface area contributed by atoms with Gasteiger partial charge in [-0.25, -0.2) is 0 Å². The van der Waals surface area contributed by atoms with Crippen molar-refractivity contribution in [3.8, 4) is 11.5 Å². The number of aryl methyl sites for hydroxylation is 1. The maximum atomic E-state index is 5.37. The van der Waals surface area contributed by atoms with Gasteiger partial charge in [-0.1, -0.05) is 22.4 Å². The Kier molecular flexibility index (Phi) is 3.97. The lowest BCUT2D eigenvalue weighted by atomic mass is 9.80. The van der Waals surface area contributed by atoms with E-state index in [2.05, 4.69) is 35.0 Å². The van der Waals surface area contributed by atoms with Crippen molar-refractivity contribution in [2.24, 2.45) is 5.92 Å². The van der Waals surface area contributed by atoms with Gasteiger partial charge in [-0.3, -0.25) is 0 Å². The Hall–Kier alpha value is -0.700. The van der Waals surface area contributed by atoms with E-state index < -0.39 is 0 Å². The average molecular weight is 299 g/mol. The van der Waals surface area contributed by atoms with Gasteiger partial charge in [-0.2, -0.15) is 0 Å². The molecule has 1 fully saturated rings. The van der Waals surface area contributed by atoms with Crippen molar-refractivity contribution in [2.45, 2.75) is 31.0 Å². The Labute approximate surface area is 111 Å². The smallest absolute Gasteiger partial charge is 0.161 e. The zero-order valence-electron chi connectivity index (χ0n) is 10.6. The first kappa shape index (κ1) is 12.7. The molecular formula is C14H19BrO2. The van der Waals surface area contributed by atoms with Crippen molar-refractivity contribution >= 4 is 15.9 Å². The first-order valence-electron chi connectivity index (χ1n) is 6.04. The fraction of sp³-hybridized carbons (Fsp3) is 0.571. The van der Waals surface area contributed by atoms with Crippen LogP contribution >= 0.6 is 15.9 Å². The molecule has 1 unspecified atom stereocenters. The van der Waals surface area contributed by atoms with Gasteiger partial charge < -0.3 is 9.47 Å². The third-order valence-electron chi connectivity index (χ3n) is 3.63. The van der Waals surface area contributed by atoms with E-state index in [1.807, 2.05) is 0 Å². The molecule has 17 heavy (non-hydrogen) atoms. The summed E-state index contributed by atoms with van der Waals surface area (Å²) < 4.78 is 10.7. The Morgan fingerprint density at radius 3 is 2.24 bits per heavy atom. The molecule has 1 saturated carbocycles. The molecule has 1 aliphatic carbocycles. The van der Waals surface area contributed by atoms with Crippen LogP contribution in [0.5, 0.6) is 11.5 Å². The third-order valence-corrected chi connectivity index (χ3v) is 4.87. The summed E-state index contributed by atoms with van der Waals surface area (Å²) in [4.78, 5) is 0.441. The zero-order valence-corrected chi connectivity index (χ0v) is 12.2. The molecule has 0 bridgehead atoms. The van der Waals surface area contributed by atoms with Gasteiger partial charge in [0, 0.05) is 4.83 Å². The molecule has 0 saturated heterocycles. The van der Waals surface area contributed by atoms with Gasteiger partial charge in [0.05, 0.1) is 14.2 Å². The van der Waals surface area contributed by atoms with E-state index in [9.17, 15) is 0 Å². The Morgan fingerprint density at radius 2 is 1.76 bits per heavy atom. The van der Waals surface area contributed by atoms with Gasteiger partial charge in [0.25, 0.3) is 0 Å². The predicted octanol–water partition coefficient (Wildman–Crippen LogP) is 4.25. The van der Waals surface area contributed by atoms with E-state index in [-0.39, 0.29) is 0 Å². The number of benzene rings is 1. The fourth-order valence-electron chi connectivity index (χ4n) is 2.28. The van der Waals surface area contributed by atoms with E-state index >= 15 is 0 Å². The lowest BCUT2D eigenvalue weighted by Gasteiger charge is -2.31. The van der Waals surface area contributed by atoms with Crippen LogP contribution in [0, 0.1) is 12.8 Å². The van der Waals surface area contributed by atoms with Crippen molar-refractivity contribution in [1.29, 1.82) is 0 Å². The average Bonchev–Trinajstić information content (AvgIpc) is 2.26. The molecule has 94 valence electrons. The number of hydrogen-bond donors (Lipinski definition) is 0. The van der Waals surface area contributed by atoms with Crippen molar-refractivity contribution in [3.63, 3.8) is 0 Å². The topological polar surface area (TPSA) is 18.5 Å². The quantitative estimate of drug-likeness (QED) is 0.774. The minimum absolute atomic E-state index is 0.441. The lowest BCUT2D eigenvalue weighted by molar-refractivity contribution is 0.310. The van der Waals surface area contributed by atoms with Crippen LogP contribution in [-0.4, -0.2) is 14.2 Å². The molecule has 1 aliphatic rings. The van der Waals surface area contributed by atoms with Gasteiger partial charge in [0.1, 0.15) is 0 Å². The van der Waals surface area contributed by atoms with E-state index in [0.717, 1.165) is 17.4 Å². The summed E-state index contributed by atoms with van der Waals surface area (Å²) >= 11 is 3.83. The standard InChI is InChI=1S/C14H19BrO2/c1-9-7-12(16-2)13(17-3)8-11(9)14(15)10-5-4-6-10/h7-8,10,14H,4-6H2,1-3H3. The minimum atomic E-state index is 0.441. The van der Waals surface area contributed by atoms with Gasteiger partial charge in [0.15, 0.2) is 11.5 Å². The van der Waals surface area contributed by atoms with E-state index in [0.29, 0.717) is 4.83 Å². The molecule has 0 aromatic heterocycles. The third kappa shape index (κ3) is 2.44. The Morgan fingerprint density at radius 1 is 1.18 bits per heavy atom. The molecule has 1 atom stereocenters. The number of ether oxygens (including phenoxy) is 2. The summed E-state index contributed by atoms with van der Waals surface area (Å²) in [6.45, 7) is 2.13. The van der Waals surface area contributed by atoms with Crippen molar-refractivity contribution in [3.05, 3.63) is 23.3 Å². The minimum Gasteiger partial charge on any atom is -0.493 e. The Balaban J connectivity index is 2.32. The number of methoxy groups -OCH3 is 2. The molecular weight excluding hydrogens is 280 g/mol. The SMILES string of the molecule is COc1cc(C)c(C(Br)C2CCC2)cc1OC. The normalized spacial score (nSPS) is 17.4. The van der Waals surface area contributed by atoms with Crippen molar-refractivity contribution in [1.82, 2.24) is 0 Å². The Bertz CT molecular complexity index is 399. The second-order valence-electron chi connectivity index (χ2n) is 4.66. The predicted molar refractivity (Wildman–Crippen MR) is 73.3 cm³/mol. The summed E-state index contributed by atoms with van der Waals surface area (Å²) in [7, 11) is 3.36. The van der Waals surface area contributed by atoms with Gasteiger partial charge in [-0.15, -0.1) is 0 Å². The molecule has 3 heteroatoms. The van der Waals surface area contributed by atoms with Crippen LogP contribution in [0.15, 0.2) is 12.1 Å². The largest absolute Gasteiger partial charge is 0.493 e. The molecule has 0 amide bonds. The second-order valence-corrected chi connectivity index (χ2v) is 5.64. The molecule has 0 aliphatic heterocycles. The highest BCUT2D eigenvalue weighted by atomic mass is 79.9. The summed E-state index contributed by atoms with van der Waals surface area (Å²) in [5, 5.41) is 0. The van der Waals surface area contributed by atoms with E-state index in [1.54, 1.807) is 14.2 Å². The molecule has 0 radical (unpaired) electrons. The van der Waals surface area contributed by atoms with Crippen LogP contribution in [0.25, 0.3) is 0 Å². The van der Waals surface area contributed by atoms with Crippen LogP contribution in [0.1, 0.15) is 35.2 Å². The highest BCUT2D eigenvalue weighted by Gasteiger charge is 2.28. The number of rotatable bonds is 4. The van der Waals surface area contributed by atoms with Crippen LogP contribution in [0.3, 0.4) is 0 Å². The molecule has 2 rings (SSSR count). The van der Waals surface area contributed by atoms with Gasteiger partial charge >= 0.3 is 0 Å². The van der Waals surface area contributed by atoms with Crippen LogP contribution < -0.4 is 9.47 Å².